The molecule has 0 aliphatic carbocycles. The summed E-state index contributed by atoms with van der Waals surface area (Å²) >= 11 is 5.77. The number of ether oxygens (including phenoxy) is 1. The Bertz CT molecular complexity index is 831. The molecule has 1 amide bonds. The zero-order valence-corrected chi connectivity index (χ0v) is 13.4. The predicted octanol–water partition coefficient (Wildman–Crippen LogP) is 3.15. The van der Waals surface area contributed by atoms with E-state index in [9.17, 15) is 4.79 Å². The smallest absolute Gasteiger partial charge is 0.251 e. The second-order valence-electron chi connectivity index (χ2n) is 4.84. The van der Waals surface area contributed by atoms with Crippen molar-refractivity contribution >= 4 is 17.5 Å². The Balaban J connectivity index is 1.59. The molecule has 0 radical (unpaired) electrons. The van der Waals surface area contributed by atoms with Crippen molar-refractivity contribution in [3.05, 3.63) is 65.0 Å². The third-order valence-corrected chi connectivity index (χ3v) is 3.23. The van der Waals surface area contributed by atoms with Crippen LogP contribution in [0.3, 0.4) is 0 Å². The van der Waals surface area contributed by atoms with Gasteiger partial charge >= 0.3 is 0 Å². The normalized spacial score (nSPS) is 10.4. The van der Waals surface area contributed by atoms with Gasteiger partial charge < -0.3 is 14.5 Å². The van der Waals surface area contributed by atoms with Crippen molar-refractivity contribution < 1.29 is 13.9 Å². The Morgan fingerprint density at radius 1 is 1.21 bits per heavy atom. The second-order valence-corrected chi connectivity index (χ2v) is 5.28. The highest BCUT2D eigenvalue weighted by molar-refractivity contribution is 6.30. The van der Waals surface area contributed by atoms with Gasteiger partial charge in [0.05, 0.1) is 11.6 Å². The van der Waals surface area contributed by atoms with Crippen LogP contribution in [-0.4, -0.2) is 21.1 Å². The van der Waals surface area contributed by atoms with E-state index in [-0.39, 0.29) is 12.5 Å². The van der Waals surface area contributed by atoms with E-state index in [1.54, 1.807) is 43.3 Å². The molecule has 7 nitrogen and oxygen atoms in total. The largest absolute Gasteiger partial charge is 0.439 e. The van der Waals surface area contributed by atoms with Gasteiger partial charge in [-0.1, -0.05) is 11.6 Å². The van der Waals surface area contributed by atoms with Gasteiger partial charge in [0.2, 0.25) is 17.7 Å². The minimum Gasteiger partial charge on any atom is -0.439 e. The minimum atomic E-state index is -0.248. The number of rotatable bonds is 5. The van der Waals surface area contributed by atoms with E-state index in [2.05, 4.69) is 20.5 Å². The maximum Gasteiger partial charge on any atom is 0.251 e. The molecule has 1 N–H and O–H groups in total. The van der Waals surface area contributed by atoms with Crippen LogP contribution < -0.4 is 10.1 Å². The van der Waals surface area contributed by atoms with Gasteiger partial charge in [-0.3, -0.25) is 4.79 Å². The quantitative estimate of drug-likeness (QED) is 0.764. The summed E-state index contributed by atoms with van der Waals surface area (Å²) in [6, 6.07) is 10.0. The van der Waals surface area contributed by atoms with Crippen LogP contribution in [0, 0.1) is 6.92 Å². The summed E-state index contributed by atoms with van der Waals surface area (Å²) in [4.78, 5) is 16.1. The molecule has 0 aliphatic rings. The fraction of sp³-hybridized carbons (Fsp3) is 0.125. The number of carbonyl (C=O) groups excluding carboxylic acids is 1. The molecule has 0 saturated heterocycles. The van der Waals surface area contributed by atoms with E-state index in [1.165, 1.54) is 6.20 Å². The van der Waals surface area contributed by atoms with Gasteiger partial charge in [0.1, 0.15) is 5.75 Å². The Labute approximate surface area is 142 Å². The first-order valence-electron chi connectivity index (χ1n) is 7.07. The standard InChI is InChI=1S/C16H13ClN4O3/c1-10-20-21-15(23-10)9-19-16(22)11-2-5-13(6-3-11)24-14-7-4-12(17)8-18-14/h2-8H,9H2,1H3,(H,19,22). The summed E-state index contributed by atoms with van der Waals surface area (Å²) in [5, 5.41) is 10.7. The zero-order chi connectivity index (χ0) is 16.9. The molecule has 0 fully saturated rings. The molecule has 3 aromatic rings. The van der Waals surface area contributed by atoms with Crippen LogP contribution >= 0.6 is 11.6 Å². The summed E-state index contributed by atoms with van der Waals surface area (Å²) in [6.07, 6.45) is 1.50. The third kappa shape index (κ3) is 4.08. The van der Waals surface area contributed by atoms with Gasteiger partial charge in [0.15, 0.2) is 0 Å². The lowest BCUT2D eigenvalue weighted by Crippen LogP contribution is -2.22. The topological polar surface area (TPSA) is 90.1 Å². The zero-order valence-electron chi connectivity index (χ0n) is 12.7. The first-order chi connectivity index (χ1) is 11.6. The maximum absolute atomic E-state index is 12.1. The summed E-state index contributed by atoms with van der Waals surface area (Å²) in [5.74, 6) is 1.55. The van der Waals surface area contributed by atoms with E-state index < -0.39 is 0 Å². The lowest BCUT2D eigenvalue weighted by molar-refractivity contribution is 0.0947. The molecule has 3 rings (SSSR count). The molecule has 2 heterocycles. The molecule has 1 aromatic carbocycles. The summed E-state index contributed by atoms with van der Waals surface area (Å²) in [6.45, 7) is 1.86. The number of amides is 1. The monoisotopic (exact) mass is 344 g/mol. The van der Waals surface area contributed by atoms with Crippen molar-refractivity contribution in [2.24, 2.45) is 0 Å². The Morgan fingerprint density at radius 3 is 2.62 bits per heavy atom. The highest BCUT2D eigenvalue weighted by atomic mass is 35.5. The Hall–Kier alpha value is -2.93. The fourth-order valence-electron chi connectivity index (χ4n) is 1.88. The van der Waals surface area contributed by atoms with Crippen LogP contribution in [0.25, 0.3) is 0 Å². The molecular weight excluding hydrogens is 332 g/mol. The van der Waals surface area contributed by atoms with Gasteiger partial charge in [-0.05, 0) is 30.3 Å². The number of hydrogen-bond donors (Lipinski definition) is 1. The average Bonchev–Trinajstić information content (AvgIpc) is 3.01. The molecule has 0 bridgehead atoms. The number of hydrogen-bond acceptors (Lipinski definition) is 6. The predicted molar refractivity (Wildman–Crippen MR) is 86.0 cm³/mol. The molecule has 0 atom stereocenters. The molecule has 0 aliphatic heterocycles. The van der Waals surface area contributed by atoms with Crippen molar-refractivity contribution in [2.45, 2.75) is 13.5 Å². The van der Waals surface area contributed by atoms with Crippen LogP contribution in [0.5, 0.6) is 11.6 Å². The van der Waals surface area contributed by atoms with Crippen LogP contribution in [0.1, 0.15) is 22.1 Å². The highest BCUT2D eigenvalue weighted by Crippen LogP contribution is 2.20. The lowest BCUT2D eigenvalue weighted by atomic mass is 10.2. The number of pyridine rings is 1. The molecule has 2 aromatic heterocycles. The lowest BCUT2D eigenvalue weighted by Gasteiger charge is -2.06. The minimum absolute atomic E-state index is 0.173. The van der Waals surface area contributed by atoms with E-state index >= 15 is 0 Å². The molecule has 122 valence electrons. The first kappa shape index (κ1) is 15.9. The van der Waals surface area contributed by atoms with Gasteiger partial charge in [-0.2, -0.15) is 0 Å². The molecular formula is C16H13ClN4O3. The van der Waals surface area contributed by atoms with Crippen molar-refractivity contribution in [3.63, 3.8) is 0 Å². The number of halogens is 1. The van der Waals surface area contributed by atoms with Crippen molar-refractivity contribution in [1.82, 2.24) is 20.5 Å². The molecule has 24 heavy (non-hydrogen) atoms. The number of nitrogens with zero attached hydrogens (tertiary/aromatic N) is 3. The van der Waals surface area contributed by atoms with Crippen molar-refractivity contribution in [2.75, 3.05) is 0 Å². The Kier molecular flexibility index (Phi) is 4.72. The number of aryl methyl sites for hydroxylation is 1. The number of aromatic nitrogens is 3. The maximum atomic E-state index is 12.1. The van der Waals surface area contributed by atoms with Crippen LogP contribution in [0.4, 0.5) is 0 Å². The van der Waals surface area contributed by atoms with Gasteiger partial charge in [-0.25, -0.2) is 4.98 Å². The van der Waals surface area contributed by atoms with E-state index in [1.807, 2.05) is 0 Å². The van der Waals surface area contributed by atoms with Gasteiger partial charge in [-0.15, -0.1) is 10.2 Å². The SMILES string of the molecule is Cc1nnc(CNC(=O)c2ccc(Oc3ccc(Cl)cn3)cc2)o1. The first-order valence-corrected chi connectivity index (χ1v) is 7.44. The fourth-order valence-corrected chi connectivity index (χ4v) is 2.00. The van der Waals surface area contributed by atoms with Gasteiger partial charge in [0.25, 0.3) is 5.91 Å². The van der Waals surface area contributed by atoms with Crippen LogP contribution in [-0.2, 0) is 6.54 Å². The highest BCUT2D eigenvalue weighted by Gasteiger charge is 2.08. The second kappa shape index (κ2) is 7.10. The van der Waals surface area contributed by atoms with E-state index in [0.29, 0.717) is 34.0 Å². The summed E-state index contributed by atoms with van der Waals surface area (Å²) in [7, 11) is 0. The third-order valence-electron chi connectivity index (χ3n) is 3.01. The average molecular weight is 345 g/mol. The summed E-state index contributed by atoms with van der Waals surface area (Å²) < 4.78 is 10.8. The van der Waals surface area contributed by atoms with Crippen molar-refractivity contribution in [3.8, 4) is 11.6 Å². The van der Waals surface area contributed by atoms with Crippen molar-refractivity contribution in [1.29, 1.82) is 0 Å². The number of carbonyl (C=O) groups is 1. The van der Waals surface area contributed by atoms with Crippen LogP contribution in [0.2, 0.25) is 5.02 Å². The number of benzene rings is 1. The van der Waals surface area contributed by atoms with Crippen LogP contribution in [0.15, 0.2) is 47.0 Å². The molecule has 0 spiro atoms. The summed E-state index contributed by atoms with van der Waals surface area (Å²) in [5.41, 5.74) is 0.489. The van der Waals surface area contributed by atoms with E-state index in [0.717, 1.165) is 0 Å². The van der Waals surface area contributed by atoms with Gasteiger partial charge in [0, 0.05) is 24.8 Å². The molecule has 0 saturated carbocycles. The molecule has 0 unspecified atom stereocenters. The number of nitrogens with one attached hydrogen (secondary N) is 1. The Morgan fingerprint density at radius 2 is 2.00 bits per heavy atom. The van der Waals surface area contributed by atoms with E-state index in [4.69, 9.17) is 20.8 Å². The molecule has 8 heteroatoms.